The molecule has 1 rings (SSSR count). The quantitative estimate of drug-likeness (QED) is 0.0133. The van der Waals surface area contributed by atoms with Crippen LogP contribution in [0.2, 0.25) is 0 Å². The van der Waals surface area contributed by atoms with E-state index in [1.54, 1.807) is 24.3 Å². The van der Waals surface area contributed by atoms with Crippen molar-refractivity contribution >= 4 is 29.2 Å². The molecule has 0 aliphatic rings. The van der Waals surface area contributed by atoms with Crippen molar-refractivity contribution in [1.29, 1.82) is 5.41 Å². The maximum Gasteiger partial charge on any atom is 0.239 e. The Morgan fingerprint density at radius 2 is 1.36 bits per heavy atom. The van der Waals surface area contributed by atoms with Gasteiger partial charge in [-0.1, -0.05) is 57.9 Å². The number of nitrogens with one attached hydrogen (secondary N) is 7. The molecular formula is C31H58N12O4. The Kier molecular flexibility index (Phi) is 20.4. The fourth-order valence-corrected chi connectivity index (χ4v) is 4.64. The van der Waals surface area contributed by atoms with E-state index in [1.165, 1.54) is 0 Å². The van der Waals surface area contributed by atoms with Gasteiger partial charge in [-0.25, -0.2) is 10.9 Å². The van der Waals surface area contributed by atoms with E-state index in [4.69, 9.17) is 34.1 Å². The van der Waals surface area contributed by atoms with Crippen LogP contribution < -0.4 is 60.8 Å². The fourth-order valence-electron chi connectivity index (χ4n) is 4.64. The third kappa shape index (κ3) is 17.4. The Morgan fingerprint density at radius 3 is 1.87 bits per heavy atom. The van der Waals surface area contributed by atoms with Gasteiger partial charge in [0.05, 0.1) is 12.1 Å². The molecule has 0 aromatic heterocycles. The summed E-state index contributed by atoms with van der Waals surface area (Å²) in [6.07, 6.45) is 2.62. The topological polar surface area (TPSA) is 294 Å². The summed E-state index contributed by atoms with van der Waals surface area (Å²) >= 11 is 0. The molecule has 0 radical (unpaired) electrons. The fraction of sp³-hybridized carbons (Fsp3) is 0.645. The van der Waals surface area contributed by atoms with Crippen LogP contribution in [-0.4, -0.2) is 73.0 Å². The van der Waals surface area contributed by atoms with Gasteiger partial charge in [0, 0.05) is 18.5 Å². The molecule has 0 aliphatic heterocycles. The highest BCUT2D eigenvalue weighted by molar-refractivity contribution is 6.39. The first kappa shape index (κ1) is 41.7. The van der Waals surface area contributed by atoms with Gasteiger partial charge in [0.15, 0.2) is 0 Å². The van der Waals surface area contributed by atoms with Crippen LogP contribution in [0.25, 0.3) is 0 Å². The van der Waals surface area contributed by atoms with Crippen LogP contribution in [0.1, 0.15) is 83.3 Å². The number of hydrogen-bond donors (Lipinski definition) is 12. The minimum Gasteiger partial charge on any atom is -0.384 e. The van der Waals surface area contributed by atoms with E-state index in [0.717, 1.165) is 18.4 Å². The predicted molar refractivity (Wildman–Crippen MR) is 183 cm³/mol. The lowest BCUT2D eigenvalue weighted by Gasteiger charge is -2.28. The summed E-state index contributed by atoms with van der Waals surface area (Å²) in [5, 5.41) is 19.0. The standard InChI is InChI=1S/C31H58N12O4/c1-4-5-6-11-24(44)26(45)22(9-7-16-38-30(34)35)41-29(47)25(19(2)3)43-42-23(10-8-17-39-31(36)37)28(46)40-18-20-12-14-21(15-13-20)27(32)33/h12-15,19,22-23,25,30-31,38-39,42-43H,4-11,16-18,34-37H2,1-3H3,(H3,32,33)(H,40,46)(H,41,47)/t22-,23-,25-/m0/s1. The van der Waals surface area contributed by atoms with E-state index >= 15 is 0 Å². The molecule has 17 N–H and O–H groups in total. The van der Waals surface area contributed by atoms with Crippen LogP contribution in [0.5, 0.6) is 0 Å². The van der Waals surface area contributed by atoms with E-state index in [2.05, 4.69) is 32.1 Å². The zero-order valence-electron chi connectivity index (χ0n) is 28.1. The second-order valence-corrected chi connectivity index (χ2v) is 11.9. The molecule has 0 unspecified atom stereocenters. The molecule has 0 spiro atoms. The smallest absolute Gasteiger partial charge is 0.239 e. The molecule has 266 valence electrons. The number of carbonyl (C=O) groups excluding carboxylic acids is 4. The summed E-state index contributed by atoms with van der Waals surface area (Å²) in [4.78, 5) is 52.6. The number of ketones is 2. The number of amidine groups is 1. The highest BCUT2D eigenvalue weighted by Gasteiger charge is 2.31. The maximum atomic E-state index is 13.5. The van der Waals surface area contributed by atoms with Gasteiger partial charge in [-0.15, -0.1) is 0 Å². The van der Waals surface area contributed by atoms with Gasteiger partial charge in [0.1, 0.15) is 24.5 Å². The van der Waals surface area contributed by atoms with E-state index < -0.39 is 48.2 Å². The Hall–Kier alpha value is -3.35. The molecule has 1 aromatic carbocycles. The molecule has 16 heteroatoms. The van der Waals surface area contributed by atoms with Crippen molar-refractivity contribution in [2.45, 2.75) is 109 Å². The molecule has 1 aromatic rings. The second-order valence-electron chi connectivity index (χ2n) is 11.9. The highest BCUT2D eigenvalue weighted by Crippen LogP contribution is 2.09. The number of nitrogen functional groups attached to an aromatic ring is 1. The van der Waals surface area contributed by atoms with E-state index in [1.807, 2.05) is 20.8 Å². The molecule has 0 saturated carbocycles. The molecule has 2 amide bonds. The second kappa shape index (κ2) is 23.1. The molecule has 47 heavy (non-hydrogen) atoms. The van der Waals surface area contributed by atoms with E-state index in [0.29, 0.717) is 44.3 Å². The van der Waals surface area contributed by atoms with Gasteiger partial charge in [-0.3, -0.25) is 35.2 Å². The maximum absolute atomic E-state index is 13.5. The minimum atomic E-state index is -1.02. The molecule has 3 atom stereocenters. The monoisotopic (exact) mass is 662 g/mol. The van der Waals surface area contributed by atoms with Crippen LogP contribution in [0.15, 0.2) is 24.3 Å². The largest absolute Gasteiger partial charge is 0.384 e. The third-order valence-electron chi connectivity index (χ3n) is 7.42. The lowest BCUT2D eigenvalue weighted by Crippen LogP contribution is -2.60. The zero-order valence-corrected chi connectivity index (χ0v) is 28.1. The molecule has 0 aliphatic carbocycles. The van der Waals surface area contributed by atoms with Crippen LogP contribution in [0.4, 0.5) is 0 Å². The average Bonchev–Trinajstić information content (AvgIpc) is 3.01. The van der Waals surface area contributed by atoms with Crippen molar-refractivity contribution in [3.8, 4) is 0 Å². The first-order chi connectivity index (χ1) is 22.3. The van der Waals surface area contributed by atoms with Gasteiger partial charge in [0.2, 0.25) is 23.4 Å². The van der Waals surface area contributed by atoms with E-state index in [9.17, 15) is 19.2 Å². The summed E-state index contributed by atoms with van der Waals surface area (Å²) in [6.45, 7) is 6.75. The molecule has 0 heterocycles. The van der Waals surface area contributed by atoms with Crippen molar-refractivity contribution in [1.82, 2.24) is 32.1 Å². The Balaban J connectivity index is 2.99. The Morgan fingerprint density at radius 1 is 0.787 bits per heavy atom. The lowest BCUT2D eigenvalue weighted by molar-refractivity contribution is -0.139. The van der Waals surface area contributed by atoms with Gasteiger partial charge in [-0.05, 0) is 56.7 Å². The summed E-state index contributed by atoms with van der Waals surface area (Å²) < 4.78 is 0. The van der Waals surface area contributed by atoms with Crippen LogP contribution in [-0.2, 0) is 25.7 Å². The van der Waals surface area contributed by atoms with Gasteiger partial charge in [-0.2, -0.15) is 0 Å². The van der Waals surface area contributed by atoms with Crippen LogP contribution in [0, 0.1) is 11.3 Å². The SMILES string of the molecule is CCCCCC(=O)C(=O)[C@H](CCCNC(N)N)NC(=O)[C@@H](NN[C@@H](CCCNC(N)N)C(=O)NCc1ccc(C(=N)N)cc1)C(C)C. The summed E-state index contributed by atoms with van der Waals surface area (Å²) in [6, 6.07) is 4.34. The number of benzene rings is 1. The van der Waals surface area contributed by atoms with Crippen molar-refractivity contribution in [2.75, 3.05) is 13.1 Å². The summed E-state index contributed by atoms with van der Waals surface area (Å²) in [5.74, 6) is -2.26. The predicted octanol–water partition coefficient (Wildman–Crippen LogP) is -1.58. The van der Waals surface area contributed by atoms with Crippen molar-refractivity contribution in [2.24, 2.45) is 34.6 Å². The normalized spacial score (nSPS) is 13.4. The number of carbonyl (C=O) groups is 4. The van der Waals surface area contributed by atoms with E-state index in [-0.39, 0.29) is 37.0 Å². The number of rotatable bonds is 26. The number of hydrazine groups is 1. The number of unbranched alkanes of at least 4 members (excludes halogenated alkanes) is 2. The molecule has 16 nitrogen and oxygen atoms in total. The first-order valence-electron chi connectivity index (χ1n) is 16.3. The van der Waals surface area contributed by atoms with Crippen molar-refractivity contribution < 1.29 is 19.2 Å². The number of hydrogen-bond acceptors (Lipinski definition) is 13. The summed E-state index contributed by atoms with van der Waals surface area (Å²) in [5.41, 5.74) is 35.1. The zero-order chi connectivity index (χ0) is 35.4. The minimum absolute atomic E-state index is 0.0481. The van der Waals surface area contributed by atoms with Crippen LogP contribution >= 0.6 is 0 Å². The first-order valence-corrected chi connectivity index (χ1v) is 16.3. The Bertz CT molecular complexity index is 1110. The van der Waals surface area contributed by atoms with Gasteiger partial charge < -0.3 is 39.3 Å². The molecular weight excluding hydrogens is 604 g/mol. The third-order valence-corrected chi connectivity index (χ3v) is 7.42. The average molecular weight is 663 g/mol. The number of nitrogens with two attached hydrogens (primary N) is 5. The van der Waals surface area contributed by atoms with Crippen molar-refractivity contribution in [3.05, 3.63) is 35.4 Å². The molecule has 0 bridgehead atoms. The van der Waals surface area contributed by atoms with Gasteiger partial charge in [0.25, 0.3) is 0 Å². The Labute approximate surface area is 278 Å². The van der Waals surface area contributed by atoms with Crippen LogP contribution in [0.3, 0.4) is 0 Å². The summed E-state index contributed by atoms with van der Waals surface area (Å²) in [7, 11) is 0. The number of amides is 2. The molecule has 0 fully saturated rings. The molecule has 0 saturated heterocycles. The number of Topliss-reactive ketones (excluding diaryl/α,β-unsaturated/α-hetero) is 2. The highest BCUT2D eigenvalue weighted by atomic mass is 16.2. The van der Waals surface area contributed by atoms with Gasteiger partial charge >= 0.3 is 0 Å². The van der Waals surface area contributed by atoms with Crippen molar-refractivity contribution in [3.63, 3.8) is 0 Å². The lowest BCUT2D eigenvalue weighted by atomic mass is 9.98.